The van der Waals surface area contributed by atoms with Crippen LogP contribution in [0.3, 0.4) is 0 Å². The van der Waals surface area contributed by atoms with E-state index in [1.54, 1.807) is 12.1 Å². The van der Waals surface area contributed by atoms with E-state index in [2.05, 4.69) is 5.32 Å². The average Bonchev–Trinajstić information content (AvgIpc) is 2.16. The highest BCUT2D eigenvalue weighted by atomic mass is 35.5. The molecule has 0 aliphatic heterocycles. The summed E-state index contributed by atoms with van der Waals surface area (Å²) in [7, 11) is 0. The second-order valence-electron chi connectivity index (χ2n) is 3.81. The minimum Gasteiger partial charge on any atom is -0.508 e. The summed E-state index contributed by atoms with van der Waals surface area (Å²) in [5, 5.41) is 11.8. The largest absolute Gasteiger partial charge is 0.508 e. The summed E-state index contributed by atoms with van der Waals surface area (Å²) in [4.78, 5) is 11.5. The maximum Gasteiger partial charge on any atom is 0.241 e. The molecule has 4 nitrogen and oxygen atoms in total. The predicted octanol–water partition coefficient (Wildman–Crippen LogP) is 1.74. The third-order valence-electron chi connectivity index (χ3n) is 2.13. The lowest BCUT2D eigenvalue weighted by Crippen LogP contribution is -2.39. The number of halogens is 1. The standard InChI is InChI=1S/C11H16N2O2.ClH/c1-7(2)10(12)11(15)13-8-4-3-5-9(14)6-8;/h3-7,10,14H,12H2,1-2H3,(H,13,15);1H/t10-;/m0./s1. The molecule has 1 aromatic rings. The molecule has 5 heteroatoms. The Labute approximate surface area is 101 Å². The molecule has 0 heterocycles. The summed E-state index contributed by atoms with van der Waals surface area (Å²) in [6.45, 7) is 3.76. The van der Waals surface area contributed by atoms with Gasteiger partial charge in [0.1, 0.15) is 5.75 Å². The highest BCUT2D eigenvalue weighted by Crippen LogP contribution is 2.15. The fourth-order valence-corrected chi connectivity index (χ4v) is 1.11. The Hall–Kier alpha value is -1.26. The molecule has 0 saturated carbocycles. The predicted molar refractivity (Wildman–Crippen MR) is 66.8 cm³/mol. The second-order valence-corrected chi connectivity index (χ2v) is 3.81. The fourth-order valence-electron chi connectivity index (χ4n) is 1.11. The smallest absolute Gasteiger partial charge is 0.241 e. The molecular weight excluding hydrogens is 228 g/mol. The van der Waals surface area contributed by atoms with Crippen LogP contribution in [0.1, 0.15) is 13.8 Å². The number of benzene rings is 1. The van der Waals surface area contributed by atoms with Gasteiger partial charge < -0.3 is 16.2 Å². The monoisotopic (exact) mass is 244 g/mol. The number of aromatic hydroxyl groups is 1. The van der Waals surface area contributed by atoms with Gasteiger partial charge in [-0.25, -0.2) is 0 Å². The van der Waals surface area contributed by atoms with Gasteiger partial charge >= 0.3 is 0 Å². The molecule has 0 aliphatic carbocycles. The van der Waals surface area contributed by atoms with E-state index in [-0.39, 0.29) is 30.0 Å². The second kappa shape index (κ2) is 6.35. The zero-order valence-corrected chi connectivity index (χ0v) is 10.1. The molecule has 0 spiro atoms. The Morgan fingerprint density at radius 3 is 2.56 bits per heavy atom. The Morgan fingerprint density at radius 1 is 1.44 bits per heavy atom. The van der Waals surface area contributed by atoms with Crippen LogP contribution in [0, 0.1) is 5.92 Å². The van der Waals surface area contributed by atoms with E-state index >= 15 is 0 Å². The summed E-state index contributed by atoms with van der Waals surface area (Å²) < 4.78 is 0. The average molecular weight is 245 g/mol. The normalized spacial score (nSPS) is 11.8. The highest BCUT2D eigenvalue weighted by molar-refractivity contribution is 5.94. The number of carbonyl (C=O) groups is 1. The van der Waals surface area contributed by atoms with Crippen LogP contribution in [0.15, 0.2) is 24.3 Å². The molecule has 0 aromatic heterocycles. The molecule has 0 aliphatic rings. The van der Waals surface area contributed by atoms with Gasteiger partial charge in [-0.1, -0.05) is 19.9 Å². The lowest BCUT2D eigenvalue weighted by molar-refractivity contribution is -0.118. The number of phenols is 1. The van der Waals surface area contributed by atoms with Crippen LogP contribution in [0.25, 0.3) is 0 Å². The minimum absolute atomic E-state index is 0. The molecule has 0 bridgehead atoms. The molecule has 0 saturated heterocycles. The zero-order chi connectivity index (χ0) is 11.4. The van der Waals surface area contributed by atoms with Gasteiger partial charge in [0.2, 0.25) is 5.91 Å². The van der Waals surface area contributed by atoms with E-state index in [0.717, 1.165) is 0 Å². The van der Waals surface area contributed by atoms with Gasteiger partial charge in [0.05, 0.1) is 6.04 Å². The summed E-state index contributed by atoms with van der Waals surface area (Å²) in [5.74, 6) is -0.0381. The van der Waals surface area contributed by atoms with E-state index in [1.165, 1.54) is 12.1 Å². The number of amides is 1. The van der Waals surface area contributed by atoms with Gasteiger partial charge in [0.15, 0.2) is 0 Å². The molecule has 4 N–H and O–H groups in total. The number of hydrogen-bond acceptors (Lipinski definition) is 3. The summed E-state index contributed by atoms with van der Waals surface area (Å²) >= 11 is 0. The van der Waals surface area contributed by atoms with Crippen molar-refractivity contribution in [2.45, 2.75) is 19.9 Å². The van der Waals surface area contributed by atoms with Gasteiger partial charge in [-0.3, -0.25) is 4.79 Å². The van der Waals surface area contributed by atoms with Crippen molar-refractivity contribution in [2.24, 2.45) is 11.7 Å². The molecule has 0 radical (unpaired) electrons. The Balaban J connectivity index is 0.00000225. The number of anilines is 1. The van der Waals surface area contributed by atoms with Crippen LogP contribution in [-0.4, -0.2) is 17.1 Å². The van der Waals surface area contributed by atoms with Crippen LogP contribution < -0.4 is 11.1 Å². The van der Waals surface area contributed by atoms with E-state index in [1.807, 2.05) is 13.8 Å². The van der Waals surface area contributed by atoms with Crippen molar-refractivity contribution >= 4 is 24.0 Å². The molecule has 1 atom stereocenters. The van der Waals surface area contributed by atoms with Crippen molar-refractivity contribution in [3.8, 4) is 5.75 Å². The lowest BCUT2D eigenvalue weighted by atomic mass is 10.0. The summed E-state index contributed by atoms with van der Waals surface area (Å²) in [6.07, 6.45) is 0. The maximum atomic E-state index is 11.5. The maximum absolute atomic E-state index is 11.5. The molecule has 1 aromatic carbocycles. The first kappa shape index (κ1) is 14.7. The summed E-state index contributed by atoms with van der Waals surface area (Å²) in [6, 6.07) is 5.84. The van der Waals surface area contributed by atoms with Crippen molar-refractivity contribution in [3.63, 3.8) is 0 Å². The van der Waals surface area contributed by atoms with E-state index in [0.29, 0.717) is 5.69 Å². The van der Waals surface area contributed by atoms with Gasteiger partial charge in [-0.15, -0.1) is 12.4 Å². The third-order valence-corrected chi connectivity index (χ3v) is 2.13. The quantitative estimate of drug-likeness (QED) is 0.758. The molecule has 1 amide bonds. The van der Waals surface area contributed by atoms with Crippen LogP contribution in [0.4, 0.5) is 5.69 Å². The van der Waals surface area contributed by atoms with Crippen LogP contribution in [0.5, 0.6) is 5.75 Å². The minimum atomic E-state index is -0.535. The lowest BCUT2D eigenvalue weighted by Gasteiger charge is -2.15. The van der Waals surface area contributed by atoms with Gasteiger partial charge in [-0.05, 0) is 18.1 Å². The first-order chi connectivity index (χ1) is 7.00. The fraction of sp³-hybridized carbons (Fsp3) is 0.364. The molecule has 90 valence electrons. The van der Waals surface area contributed by atoms with Gasteiger partial charge in [-0.2, -0.15) is 0 Å². The van der Waals surface area contributed by atoms with Gasteiger partial charge in [0.25, 0.3) is 0 Å². The van der Waals surface area contributed by atoms with E-state index < -0.39 is 6.04 Å². The molecule has 0 fully saturated rings. The Bertz CT molecular complexity index is 356. The number of nitrogens with two attached hydrogens (primary N) is 1. The van der Waals surface area contributed by atoms with Crippen molar-refractivity contribution in [3.05, 3.63) is 24.3 Å². The molecule has 0 unspecified atom stereocenters. The topological polar surface area (TPSA) is 75.4 Å². The Morgan fingerprint density at radius 2 is 2.06 bits per heavy atom. The van der Waals surface area contributed by atoms with Crippen LogP contribution in [-0.2, 0) is 4.79 Å². The number of rotatable bonds is 3. The van der Waals surface area contributed by atoms with Gasteiger partial charge in [0, 0.05) is 11.8 Å². The highest BCUT2D eigenvalue weighted by Gasteiger charge is 2.16. The van der Waals surface area contributed by atoms with Crippen molar-refractivity contribution in [1.82, 2.24) is 0 Å². The zero-order valence-electron chi connectivity index (χ0n) is 9.31. The third kappa shape index (κ3) is 4.08. The van der Waals surface area contributed by atoms with Crippen LogP contribution >= 0.6 is 12.4 Å². The van der Waals surface area contributed by atoms with Crippen molar-refractivity contribution in [1.29, 1.82) is 0 Å². The number of carbonyl (C=O) groups excluding carboxylic acids is 1. The van der Waals surface area contributed by atoms with Crippen LogP contribution in [0.2, 0.25) is 0 Å². The first-order valence-electron chi connectivity index (χ1n) is 4.86. The Kier molecular flexibility index (Phi) is 5.85. The number of hydrogen-bond donors (Lipinski definition) is 3. The SMILES string of the molecule is CC(C)[C@H](N)C(=O)Nc1cccc(O)c1.Cl. The van der Waals surface area contributed by atoms with Crippen molar-refractivity contribution < 1.29 is 9.90 Å². The van der Waals surface area contributed by atoms with Crippen molar-refractivity contribution in [2.75, 3.05) is 5.32 Å². The molecule has 1 rings (SSSR count). The van der Waals surface area contributed by atoms with E-state index in [4.69, 9.17) is 5.73 Å². The number of nitrogens with one attached hydrogen (secondary N) is 1. The summed E-state index contributed by atoms with van der Waals surface area (Å²) in [5.41, 5.74) is 6.22. The molecule has 16 heavy (non-hydrogen) atoms. The molecular formula is C11H17ClN2O2. The van der Waals surface area contributed by atoms with E-state index in [9.17, 15) is 9.90 Å². The first-order valence-corrected chi connectivity index (χ1v) is 4.86. The number of phenolic OH excluding ortho intramolecular Hbond substituents is 1.